The van der Waals surface area contributed by atoms with E-state index < -0.39 is 0 Å². The molecule has 0 radical (unpaired) electrons. The molecule has 2 aromatic rings. The Morgan fingerprint density at radius 2 is 2.11 bits per heavy atom. The van der Waals surface area contributed by atoms with Gasteiger partial charge >= 0.3 is 6.03 Å². The minimum absolute atomic E-state index is 0.333. The monoisotopic (exact) mass is 264 g/mol. The van der Waals surface area contributed by atoms with E-state index >= 15 is 0 Å². The van der Waals surface area contributed by atoms with E-state index in [0.29, 0.717) is 16.5 Å². The van der Waals surface area contributed by atoms with Gasteiger partial charge in [-0.1, -0.05) is 17.7 Å². The number of anilines is 2. The quantitative estimate of drug-likeness (QED) is 0.876. The van der Waals surface area contributed by atoms with Crippen LogP contribution >= 0.6 is 11.6 Å². The van der Waals surface area contributed by atoms with Crippen molar-refractivity contribution >= 4 is 29.1 Å². The molecule has 1 aromatic heterocycles. The van der Waals surface area contributed by atoms with Crippen LogP contribution in [0.3, 0.4) is 0 Å². The molecule has 2 amide bonds. The minimum atomic E-state index is -0.333. The van der Waals surface area contributed by atoms with Crippen LogP contribution in [-0.4, -0.2) is 15.8 Å². The highest BCUT2D eigenvalue weighted by atomic mass is 35.5. The van der Waals surface area contributed by atoms with Crippen molar-refractivity contribution in [3.05, 3.63) is 41.0 Å². The van der Waals surface area contributed by atoms with E-state index in [2.05, 4.69) is 15.7 Å². The normalized spacial score (nSPS) is 10.2. The van der Waals surface area contributed by atoms with E-state index in [0.717, 1.165) is 5.69 Å². The molecule has 2 rings (SSSR count). The highest BCUT2D eigenvalue weighted by Crippen LogP contribution is 2.15. The summed E-state index contributed by atoms with van der Waals surface area (Å²) in [7, 11) is 1.77. The van der Waals surface area contributed by atoms with Crippen LogP contribution in [-0.2, 0) is 7.05 Å². The molecule has 0 saturated heterocycles. The third-order valence-electron chi connectivity index (χ3n) is 2.33. The van der Waals surface area contributed by atoms with Gasteiger partial charge in [-0.3, -0.25) is 10.00 Å². The largest absolute Gasteiger partial charge is 0.324 e. The van der Waals surface area contributed by atoms with Crippen molar-refractivity contribution in [2.24, 2.45) is 7.05 Å². The zero-order valence-electron chi connectivity index (χ0n) is 10.1. The van der Waals surface area contributed by atoms with Gasteiger partial charge < -0.3 is 5.32 Å². The third-order valence-corrected chi connectivity index (χ3v) is 2.56. The van der Waals surface area contributed by atoms with Crippen LogP contribution < -0.4 is 10.6 Å². The molecule has 6 heteroatoms. The van der Waals surface area contributed by atoms with Gasteiger partial charge in [0.25, 0.3) is 0 Å². The van der Waals surface area contributed by atoms with Gasteiger partial charge in [0.1, 0.15) is 5.82 Å². The van der Waals surface area contributed by atoms with E-state index in [-0.39, 0.29) is 6.03 Å². The Balaban J connectivity index is 2.03. The maximum Gasteiger partial charge on any atom is 0.324 e. The number of aromatic nitrogens is 2. The highest BCUT2D eigenvalue weighted by Gasteiger charge is 2.07. The lowest BCUT2D eigenvalue weighted by Crippen LogP contribution is -2.20. The van der Waals surface area contributed by atoms with Gasteiger partial charge in [-0.25, -0.2) is 4.79 Å². The second kappa shape index (κ2) is 5.10. The average Bonchev–Trinajstić information content (AvgIpc) is 2.57. The van der Waals surface area contributed by atoms with Gasteiger partial charge in [-0.2, -0.15) is 5.10 Å². The number of carbonyl (C=O) groups excluding carboxylic acids is 1. The summed E-state index contributed by atoms with van der Waals surface area (Å²) in [6.45, 7) is 1.86. The molecule has 0 aliphatic heterocycles. The molecule has 0 spiro atoms. The number of nitrogens with zero attached hydrogens (tertiary/aromatic N) is 2. The predicted molar refractivity (Wildman–Crippen MR) is 72.0 cm³/mol. The summed E-state index contributed by atoms with van der Waals surface area (Å²) >= 11 is 5.83. The Morgan fingerprint density at radius 3 is 2.72 bits per heavy atom. The van der Waals surface area contributed by atoms with Gasteiger partial charge in [0.05, 0.1) is 5.69 Å². The van der Waals surface area contributed by atoms with Crippen molar-refractivity contribution in [2.45, 2.75) is 6.92 Å². The zero-order valence-corrected chi connectivity index (χ0v) is 10.8. The molecule has 5 nitrogen and oxygen atoms in total. The second-order valence-corrected chi connectivity index (χ2v) is 4.32. The van der Waals surface area contributed by atoms with E-state index in [4.69, 9.17) is 11.6 Å². The molecule has 1 heterocycles. The lowest BCUT2D eigenvalue weighted by molar-refractivity contribution is 0.262. The van der Waals surface area contributed by atoms with Gasteiger partial charge in [-0.15, -0.1) is 0 Å². The van der Waals surface area contributed by atoms with E-state index in [1.54, 1.807) is 42.1 Å². The van der Waals surface area contributed by atoms with Gasteiger partial charge in [0.15, 0.2) is 0 Å². The fraction of sp³-hybridized carbons (Fsp3) is 0.167. The lowest BCUT2D eigenvalue weighted by Gasteiger charge is -2.07. The third kappa shape index (κ3) is 3.01. The van der Waals surface area contributed by atoms with Crippen molar-refractivity contribution in [2.75, 3.05) is 10.6 Å². The summed E-state index contributed by atoms with van der Waals surface area (Å²) in [5, 5.41) is 10.1. The Kier molecular flexibility index (Phi) is 3.53. The molecule has 0 aliphatic rings. The summed E-state index contributed by atoms with van der Waals surface area (Å²) in [6, 6.07) is 8.41. The average molecular weight is 265 g/mol. The zero-order chi connectivity index (χ0) is 13.1. The van der Waals surface area contributed by atoms with Crippen molar-refractivity contribution in [1.82, 2.24) is 9.78 Å². The molecule has 0 saturated carbocycles. The number of nitrogens with one attached hydrogen (secondary N) is 2. The van der Waals surface area contributed by atoms with Crippen molar-refractivity contribution in [3.8, 4) is 0 Å². The number of aryl methyl sites for hydroxylation is 2. The van der Waals surface area contributed by atoms with Crippen LogP contribution in [0.1, 0.15) is 5.69 Å². The first-order chi connectivity index (χ1) is 8.54. The topological polar surface area (TPSA) is 59.0 Å². The first kappa shape index (κ1) is 12.4. The smallest absolute Gasteiger partial charge is 0.308 e. The van der Waals surface area contributed by atoms with Crippen LogP contribution in [0.15, 0.2) is 30.3 Å². The molecule has 0 bridgehead atoms. The number of rotatable bonds is 2. The fourth-order valence-electron chi connectivity index (χ4n) is 1.57. The SMILES string of the molecule is Cc1cc(NC(=O)Nc2cccc(Cl)c2)n(C)n1. The molecule has 0 aliphatic carbocycles. The van der Waals surface area contributed by atoms with E-state index in [1.165, 1.54) is 0 Å². The van der Waals surface area contributed by atoms with E-state index in [9.17, 15) is 4.79 Å². The van der Waals surface area contributed by atoms with Crippen molar-refractivity contribution < 1.29 is 4.79 Å². The molecule has 0 fully saturated rings. The number of hydrogen-bond acceptors (Lipinski definition) is 2. The van der Waals surface area contributed by atoms with Crippen LogP contribution in [0.5, 0.6) is 0 Å². The van der Waals surface area contributed by atoms with Crippen LogP contribution in [0, 0.1) is 6.92 Å². The molecular weight excluding hydrogens is 252 g/mol. The first-order valence-electron chi connectivity index (χ1n) is 5.39. The summed E-state index contributed by atoms with van der Waals surface area (Å²) in [5.41, 5.74) is 1.48. The number of amides is 2. The second-order valence-electron chi connectivity index (χ2n) is 3.88. The van der Waals surface area contributed by atoms with Crippen molar-refractivity contribution in [1.29, 1.82) is 0 Å². The summed E-state index contributed by atoms with van der Waals surface area (Å²) < 4.78 is 1.60. The van der Waals surface area contributed by atoms with E-state index in [1.807, 2.05) is 6.92 Å². The number of hydrogen-bond donors (Lipinski definition) is 2. The first-order valence-corrected chi connectivity index (χ1v) is 5.76. The molecule has 0 unspecified atom stereocenters. The summed E-state index contributed by atoms with van der Waals surface area (Å²) in [5.74, 6) is 0.632. The molecule has 94 valence electrons. The standard InChI is InChI=1S/C12H13ClN4O/c1-8-6-11(17(2)16-8)15-12(18)14-10-5-3-4-9(13)7-10/h3-7H,1-2H3,(H2,14,15,18). The van der Waals surface area contributed by atoms with Crippen LogP contribution in [0.4, 0.5) is 16.3 Å². The number of carbonyl (C=O) groups is 1. The summed E-state index contributed by atoms with van der Waals surface area (Å²) in [6.07, 6.45) is 0. The molecular formula is C12H13ClN4O. The van der Waals surface area contributed by atoms with Crippen molar-refractivity contribution in [3.63, 3.8) is 0 Å². The van der Waals surface area contributed by atoms with Gasteiger partial charge in [-0.05, 0) is 25.1 Å². The number of urea groups is 1. The molecule has 2 N–H and O–H groups in total. The maximum absolute atomic E-state index is 11.7. The highest BCUT2D eigenvalue weighted by molar-refractivity contribution is 6.30. The Bertz CT molecular complexity index is 579. The van der Waals surface area contributed by atoms with Crippen LogP contribution in [0.2, 0.25) is 5.02 Å². The fourth-order valence-corrected chi connectivity index (χ4v) is 1.76. The van der Waals surface area contributed by atoms with Gasteiger partial charge in [0.2, 0.25) is 0 Å². The Morgan fingerprint density at radius 1 is 1.33 bits per heavy atom. The lowest BCUT2D eigenvalue weighted by atomic mass is 10.3. The molecule has 1 aromatic carbocycles. The summed E-state index contributed by atoms with van der Waals surface area (Å²) in [4.78, 5) is 11.7. The molecule has 0 atom stereocenters. The molecule has 18 heavy (non-hydrogen) atoms. The van der Waals surface area contributed by atoms with Gasteiger partial charge in [0, 0.05) is 23.8 Å². The predicted octanol–water partition coefficient (Wildman–Crippen LogP) is 3.03. The van der Waals surface area contributed by atoms with Crippen LogP contribution in [0.25, 0.3) is 0 Å². The maximum atomic E-state index is 11.7. The number of halogens is 1. The Labute approximate surface area is 110 Å². The number of benzene rings is 1. The minimum Gasteiger partial charge on any atom is -0.308 e. The Hall–Kier alpha value is -2.01.